The van der Waals surface area contributed by atoms with Crippen molar-refractivity contribution in [3.8, 4) is 0 Å². The van der Waals surface area contributed by atoms with Crippen LogP contribution in [0.5, 0.6) is 0 Å². The number of hydrogen-bond acceptors (Lipinski definition) is 3. The van der Waals surface area contributed by atoms with Crippen LogP contribution >= 0.6 is 0 Å². The third-order valence-corrected chi connectivity index (χ3v) is 4.88. The van der Waals surface area contributed by atoms with Gasteiger partial charge in [-0.05, 0) is 68.6 Å². The molecule has 2 aromatic rings. The molecule has 0 bridgehead atoms. The molecule has 4 nitrogen and oxygen atoms in total. The van der Waals surface area contributed by atoms with Gasteiger partial charge in [0.2, 0.25) is 5.91 Å². The van der Waals surface area contributed by atoms with Crippen LogP contribution in [0.25, 0.3) is 0 Å². The van der Waals surface area contributed by atoms with Gasteiger partial charge in [0.05, 0.1) is 18.7 Å². The first-order valence-electron chi connectivity index (χ1n) is 8.74. The lowest BCUT2D eigenvalue weighted by atomic mass is 10.0. The van der Waals surface area contributed by atoms with E-state index in [1.807, 2.05) is 18.2 Å². The molecule has 1 atom stereocenters. The maximum atomic E-state index is 12.3. The van der Waals surface area contributed by atoms with Crippen molar-refractivity contribution in [1.29, 1.82) is 0 Å². The quantitative estimate of drug-likeness (QED) is 0.885. The standard InChI is InChI=1S/C20H26N2O2/c1-15-7-8-17(12-16(15)2)13-20(23)21-14-18(19-6-5-11-24-19)22-9-3-4-10-22/h5-8,11-12,18H,3-4,9-10,13-14H2,1-2H3,(H,21,23)/t18-/m0/s1. The summed E-state index contributed by atoms with van der Waals surface area (Å²) in [5, 5.41) is 3.09. The first-order valence-corrected chi connectivity index (χ1v) is 8.74. The van der Waals surface area contributed by atoms with Crippen molar-refractivity contribution in [1.82, 2.24) is 10.2 Å². The normalized spacial score (nSPS) is 16.2. The van der Waals surface area contributed by atoms with Gasteiger partial charge in [0.25, 0.3) is 0 Å². The zero-order valence-corrected chi connectivity index (χ0v) is 14.5. The maximum Gasteiger partial charge on any atom is 0.224 e. The van der Waals surface area contributed by atoms with E-state index >= 15 is 0 Å². The Bertz CT molecular complexity index is 673. The predicted octanol–water partition coefficient (Wildman–Crippen LogP) is 3.39. The van der Waals surface area contributed by atoms with Crippen LogP contribution in [0.4, 0.5) is 0 Å². The lowest BCUT2D eigenvalue weighted by Gasteiger charge is -2.26. The van der Waals surface area contributed by atoms with Gasteiger partial charge in [-0.3, -0.25) is 9.69 Å². The van der Waals surface area contributed by atoms with E-state index in [-0.39, 0.29) is 11.9 Å². The molecule has 0 radical (unpaired) electrons. The molecule has 0 saturated carbocycles. The Morgan fingerprint density at radius 2 is 2.00 bits per heavy atom. The van der Waals surface area contributed by atoms with Crippen LogP contribution in [0, 0.1) is 13.8 Å². The van der Waals surface area contributed by atoms with Gasteiger partial charge < -0.3 is 9.73 Å². The molecule has 4 heteroatoms. The average Bonchev–Trinajstić information content (AvgIpc) is 3.25. The molecule has 1 aliphatic heterocycles. The van der Waals surface area contributed by atoms with Gasteiger partial charge in [-0.25, -0.2) is 0 Å². The number of furan rings is 1. The summed E-state index contributed by atoms with van der Waals surface area (Å²) < 4.78 is 5.59. The molecule has 1 N–H and O–H groups in total. The molecular weight excluding hydrogens is 300 g/mol. The second-order valence-corrected chi connectivity index (χ2v) is 6.67. The zero-order valence-electron chi connectivity index (χ0n) is 14.5. The summed E-state index contributed by atoms with van der Waals surface area (Å²) >= 11 is 0. The summed E-state index contributed by atoms with van der Waals surface area (Å²) in [6, 6.07) is 10.2. The first-order chi connectivity index (χ1) is 11.6. The summed E-state index contributed by atoms with van der Waals surface area (Å²) in [6.07, 6.45) is 4.56. The van der Waals surface area contributed by atoms with Crippen LogP contribution < -0.4 is 5.32 Å². The summed E-state index contributed by atoms with van der Waals surface area (Å²) in [5.74, 6) is 0.998. The van der Waals surface area contributed by atoms with Crippen LogP contribution in [0.2, 0.25) is 0 Å². The number of nitrogens with one attached hydrogen (secondary N) is 1. The molecule has 0 unspecified atom stereocenters. The maximum absolute atomic E-state index is 12.3. The van der Waals surface area contributed by atoms with Crippen LogP contribution in [-0.2, 0) is 11.2 Å². The molecule has 1 saturated heterocycles. The minimum absolute atomic E-state index is 0.0639. The molecule has 0 spiro atoms. The highest BCUT2D eigenvalue weighted by Gasteiger charge is 2.25. The number of hydrogen-bond donors (Lipinski definition) is 1. The molecule has 1 amide bonds. The van der Waals surface area contributed by atoms with Crippen molar-refractivity contribution in [3.05, 3.63) is 59.0 Å². The molecule has 3 rings (SSSR count). The molecule has 24 heavy (non-hydrogen) atoms. The van der Waals surface area contributed by atoms with E-state index in [9.17, 15) is 4.79 Å². The Hall–Kier alpha value is -2.07. The topological polar surface area (TPSA) is 45.5 Å². The molecule has 1 aromatic heterocycles. The summed E-state index contributed by atoms with van der Waals surface area (Å²) in [6.45, 7) is 6.90. The monoisotopic (exact) mass is 326 g/mol. The molecule has 1 aromatic carbocycles. The van der Waals surface area contributed by atoms with Gasteiger partial charge in [0, 0.05) is 6.54 Å². The fraction of sp³-hybridized carbons (Fsp3) is 0.450. The highest BCUT2D eigenvalue weighted by Crippen LogP contribution is 2.24. The number of aryl methyl sites for hydroxylation is 2. The summed E-state index contributed by atoms with van der Waals surface area (Å²) in [5.41, 5.74) is 3.54. The van der Waals surface area contributed by atoms with Gasteiger partial charge in [0.1, 0.15) is 5.76 Å². The fourth-order valence-corrected chi connectivity index (χ4v) is 3.32. The van der Waals surface area contributed by atoms with Gasteiger partial charge in [-0.2, -0.15) is 0 Å². The number of nitrogens with zero attached hydrogens (tertiary/aromatic N) is 1. The lowest BCUT2D eigenvalue weighted by Crippen LogP contribution is -2.37. The van der Waals surface area contributed by atoms with E-state index in [1.54, 1.807) is 6.26 Å². The van der Waals surface area contributed by atoms with Crippen molar-refractivity contribution in [2.24, 2.45) is 0 Å². The highest BCUT2D eigenvalue weighted by molar-refractivity contribution is 5.78. The van der Waals surface area contributed by atoms with Crippen molar-refractivity contribution in [2.45, 2.75) is 39.2 Å². The number of amides is 1. The van der Waals surface area contributed by atoms with Crippen molar-refractivity contribution in [2.75, 3.05) is 19.6 Å². The number of carbonyl (C=O) groups is 1. The van der Waals surface area contributed by atoms with Crippen molar-refractivity contribution < 1.29 is 9.21 Å². The predicted molar refractivity (Wildman–Crippen MR) is 94.9 cm³/mol. The van der Waals surface area contributed by atoms with E-state index < -0.39 is 0 Å². The number of benzene rings is 1. The minimum Gasteiger partial charge on any atom is -0.468 e. The van der Waals surface area contributed by atoms with Gasteiger partial charge in [0.15, 0.2) is 0 Å². The lowest BCUT2D eigenvalue weighted by molar-refractivity contribution is -0.120. The summed E-state index contributed by atoms with van der Waals surface area (Å²) in [4.78, 5) is 14.7. The molecule has 1 aliphatic rings. The van der Waals surface area contributed by atoms with E-state index in [2.05, 4.69) is 36.2 Å². The van der Waals surface area contributed by atoms with E-state index in [1.165, 1.54) is 24.0 Å². The van der Waals surface area contributed by atoms with Crippen molar-refractivity contribution >= 4 is 5.91 Å². The van der Waals surface area contributed by atoms with Gasteiger partial charge in [-0.15, -0.1) is 0 Å². The number of likely N-dealkylation sites (tertiary alicyclic amines) is 1. The number of carbonyl (C=O) groups excluding carboxylic acids is 1. The zero-order chi connectivity index (χ0) is 16.9. The largest absolute Gasteiger partial charge is 0.468 e. The van der Waals surface area contributed by atoms with Crippen LogP contribution in [-0.4, -0.2) is 30.4 Å². The number of rotatable bonds is 6. The van der Waals surface area contributed by atoms with Gasteiger partial charge >= 0.3 is 0 Å². The SMILES string of the molecule is Cc1ccc(CC(=O)NC[C@@H](c2ccco2)N2CCCC2)cc1C. The minimum atomic E-state index is 0.0639. The molecule has 2 heterocycles. The van der Waals surface area contributed by atoms with Crippen LogP contribution in [0.15, 0.2) is 41.0 Å². The third kappa shape index (κ3) is 4.06. The summed E-state index contributed by atoms with van der Waals surface area (Å²) in [7, 11) is 0. The van der Waals surface area contributed by atoms with Crippen molar-refractivity contribution in [3.63, 3.8) is 0 Å². The van der Waals surface area contributed by atoms with E-state index in [0.717, 1.165) is 24.4 Å². The van der Waals surface area contributed by atoms with Gasteiger partial charge in [-0.1, -0.05) is 18.2 Å². The molecule has 0 aliphatic carbocycles. The molecular formula is C20H26N2O2. The van der Waals surface area contributed by atoms with Crippen LogP contribution in [0.1, 0.15) is 41.3 Å². The first kappa shape index (κ1) is 16.8. The second kappa shape index (κ2) is 7.67. The average molecular weight is 326 g/mol. The Morgan fingerprint density at radius 3 is 2.67 bits per heavy atom. The Labute approximate surface area is 143 Å². The Morgan fingerprint density at radius 1 is 1.21 bits per heavy atom. The molecule has 128 valence electrons. The second-order valence-electron chi connectivity index (χ2n) is 6.67. The smallest absolute Gasteiger partial charge is 0.224 e. The van der Waals surface area contributed by atoms with E-state index in [4.69, 9.17) is 4.42 Å². The highest BCUT2D eigenvalue weighted by atomic mass is 16.3. The van der Waals surface area contributed by atoms with Crippen LogP contribution in [0.3, 0.4) is 0 Å². The Balaban J connectivity index is 1.59. The fourth-order valence-electron chi connectivity index (χ4n) is 3.32. The Kier molecular flexibility index (Phi) is 5.36. The van der Waals surface area contributed by atoms with E-state index in [0.29, 0.717) is 13.0 Å². The molecule has 1 fully saturated rings. The third-order valence-electron chi connectivity index (χ3n) is 4.88.